The van der Waals surface area contributed by atoms with Crippen molar-refractivity contribution in [1.29, 1.82) is 0 Å². The number of nitrogens with one attached hydrogen (secondary N) is 2. The molecule has 0 saturated carbocycles. The number of para-hydroxylation sites is 1. The first-order valence-corrected chi connectivity index (χ1v) is 8.02. The maximum Gasteiger partial charge on any atom is 0.238 e. The van der Waals surface area contributed by atoms with E-state index >= 15 is 0 Å². The first kappa shape index (κ1) is 14.0. The van der Waals surface area contributed by atoms with E-state index in [2.05, 4.69) is 31.5 Å². The fourth-order valence-corrected chi connectivity index (χ4v) is 3.60. The third-order valence-electron chi connectivity index (χ3n) is 4.19. The zero-order chi connectivity index (χ0) is 13.9. The van der Waals surface area contributed by atoms with E-state index in [4.69, 9.17) is 0 Å². The molecular formula is C15H20BrN3O. The number of carbonyl (C=O) groups excluding carboxylic acids is 1. The Balaban J connectivity index is 1.53. The van der Waals surface area contributed by atoms with Gasteiger partial charge in [0.05, 0.1) is 12.2 Å². The number of carbonyl (C=O) groups is 1. The molecule has 2 fully saturated rings. The number of likely N-dealkylation sites (tertiary alicyclic amines) is 1. The van der Waals surface area contributed by atoms with Gasteiger partial charge in [0, 0.05) is 23.6 Å². The lowest BCUT2D eigenvalue weighted by Crippen LogP contribution is -2.41. The molecule has 0 radical (unpaired) electrons. The quantitative estimate of drug-likeness (QED) is 0.887. The van der Waals surface area contributed by atoms with Crippen LogP contribution in [-0.4, -0.2) is 43.0 Å². The highest BCUT2D eigenvalue weighted by Crippen LogP contribution is 2.25. The minimum absolute atomic E-state index is 0.0653. The Morgan fingerprint density at radius 2 is 2.25 bits per heavy atom. The van der Waals surface area contributed by atoms with Gasteiger partial charge < -0.3 is 10.6 Å². The highest BCUT2D eigenvalue weighted by Gasteiger charge is 2.34. The Kier molecular flexibility index (Phi) is 4.38. The molecule has 2 aliphatic rings. The lowest BCUT2D eigenvalue weighted by atomic mass is 9.94. The summed E-state index contributed by atoms with van der Waals surface area (Å²) in [5.41, 5.74) is 0.840. The molecule has 1 aromatic rings. The number of nitrogens with zero attached hydrogens (tertiary/aromatic N) is 1. The van der Waals surface area contributed by atoms with Crippen molar-refractivity contribution in [3.8, 4) is 0 Å². The van der Waals surface area contributed by atoms with Crippen LogP contribution in [-0.2, 0) is 4.79 Å². The second kappa shape index (κ2) is 6.24. The Morgan fingerprint density at radius 3 is 3.05 bits per heavy atom. The van der Waals surface area contributed by atoms with Crippen molar-refractivity contribution in [3.05, 3.63) is 28.7 Å². The van der Waals surface area contributed by atoms with E-state index in [1.165, 1.54) is 12.8 Å². The summed E-state index contributed by atoms with van der Waals surface area (Å²) in [5.74, 6) is 0.788. The van der Waals surface area contributed by atoms with Gasteiger partial charge in [-0.2, -0.15) is 0 Å². The fourth-order valence-electron chi connectivity index (χ4n) is 3.22. The molecule has 1 aromatic carbocycles. The highest BCUT2D eigenvalue weighted by molar-refractivity contribution is 9.10. The lowest BCUT2D eigenvalue weighted by molar-refractivity contribution is -0.117. The monoisotopic (exact) mass is 337 g/mol. The smallest absolute Gasteiger partial charge is 0.238 e. The standard InChI is InChI=1S/C15H20BrN3O/c16-12-5-1-2-6-13(12)18-15(20)10-19-8-11-4-3-7-17-14(11)9-19/h1-2,5-6,11,14,17H,3-4,7-10H2,(H,18,20)/t11-,14+/m0/s1. The minimum Gasteiger partial charge on any atom is -0.324 e. The van der Waals surface area contributed by atoms with E-state index in [0.717, 1.165) is 35.7 Å². The summed E-state index contributed by atoms with van der Waals surface area (Å²) in [5, 5.41) is 6.53. The van der Waals surface area contributed by atoms with E-state index in [9.17, 15) is 4.79 Å². The second-order valence-corrected chi connectivity index (χ2v) is 6.54. The van der Waals surface area contributed by atoms with Crippen LogP contribution in [0, 0.1) is 5.92 Å². The summed E-state index contributed by atoms with van der Waals surface area (Å²) in [7, 11) is 0. The SMILES string of the molecule is O=C(CN1C[C@@H]2CCCN[C@@H]2C1)Nc1ccccc1Br. The molecular weight excluding hydrogens is 318 g/mol. The molecule has 0 bridgehead atoms. The van der Waals surface area contributed by atoms with Crippen molar-refractivity contribution < 1.29 is 4.79 Å². The Morgan fingerprint density at radius 1 is 1.40 bits per heavy atom. The highest BCUT2D eigenvalue weighted by atomic mass is 79.9. The van der Waals surface area contributed by atoms with E-state index in [1.807, 2.05) is 24.3 Å². The number of piperidine rings is 1. The topological polar surface area (TPSA) is 44.4 Å². The number of anilines is 1. The van der Waals surface area contributed by atoms with Crippen LogP contribution in [0.5, 0.6) is 0 Å². The third kappa shape index (κ3) is 3.22. The van der Waals surface area contributed by atoms with Gasteiger partial charge in [0.2, 0.25) is 5.91 Å². The fraction of sp³-hybridized carbons (Fsp3) is 0.533. The zero-order valence-electron chi connectivity index (χ0n) is 11.4. The molecule has 5 heteroatoms. The first-order valence-electron chi connectivity index (χ1n) is 7.22. The zero-order valence-corrected chi connectivity index (χ0v) is 13.0. The van der Waals surface area contributed by atoms with E-state index in [-0.39, 0.29) is 5.91 Å². The van der Waals surface area contributed by atoms with E-state index < -0.39 is 0 Å². The first-order chi connectivity index (χ1) is 9.72. The number of hydrogen-bond donors (Lipinski definition) is 2. The van der Waals surface area contributed by atoms with Gasteiger partial charge in [0.25, 0.3) is 0 Å². The predicted molar refractivity (Wildman–Crippen MR) is 83.7 cm³/mol. The van der Waals surface area contributed by atoms with E-state index in [1.54, 1.807) is 0 Å². The van der Waals surface area contributed by atoms with Crippen LogP contribution in [0.25, 0.3) is 0 Å². The number of benzene rings is 1. The van der Waals surface area contributed by atoms with Gasteiger partial charge in [0.1, 0.15) is 0 Å². The van der Waals surface area contributed by atoms with Gasteiger partial charge in [-0.05, 0) is 53.4 Å². The average molecular weight is 338 g/mol. The van der Waals surface area contributed by atoms with Crippen LogP contribution >= 0.6 is 15.9 Å². The van der Waals surface area contributed by atoms with Crippen LogP contribution in [0.2, 0.25) is 0 Å². The van der Waals surface area contributed by atoms with Crippen LogP contribution in [0.15, 0.2) is 28.7 Å². The van der Waals surface area contributed by atoms with Crippen LogP contribution in [0.4, 0.5) is 5.69 Å². The molecule has 2 aliphatic heterocycles. The number of fused-ring (bicyclic) bond motifs is 1. The number of rotatable bonds is 3. The van der Waals surface area contributed by atoms with Crippen molar-refractivity contribution in [3.63, 3.8) is 0 Å². The van der Waals surface area contributed by atoms with Gasteiger partial charge in [-0.15, -0.1) is 0 Å². The van der Waals surface area contributed by atoms with Gasteiger partial charge in [-0.3, -0.25) is 9.69 Å². The molecule has 0 aromatic heterocycles. The summed E-state index contributed by atoms with van der Waals surface area (Å²) in [6.45, 7) is 3.64. The molecule has 2 heterocycles. The maximum absolute atomic E-state index is 12.1. The molecule has 3 rings (SSSR count). The van der Waals surface area contributed by atoms with Crippen molar-refractivity contribution in [2.75, 3.05) is 31.5 Å². The van der Waals surface area contributed by atoms with Crippen LogP contribution in [0.1, 0.15) is 12.8 Å². The Labute approximate surface area is 128 Å². The molecule has 1 amide bonds. The van der Waals surface area contributed by atoms with Gasteiger partial charge in [-0.25, -0.2) is 0 Å². The molecule has 2 N–H and O–H groups in total. The normalized spacial score (nSPS) is 26.2. The van der Waals surface area contributed by atoms with Crippen molar-refractivity contribution in [1.82, 2.24) is 10.2 Å². The molecule has 0 spiro atoms. The number of halogens is 1. The largest absolute Gasteiger partial charge is 0.324 e. The molecule has 108 valence electrons. The minimum atomic E-state index is 0.0653. The van der Waals surface area contributed by atoms with Crippen LogP contribution in [0.3, 0.4) is 0 Å². The van der Waals surface area contributed by atoms with Crippen molar-refractivity contribution >= 4 is 27.5 Å². The maximum atomic E-state index is 12.1. The molecule has 4 nitrogen and oxygen atoms in total. The summed E-state index contributed by atoms with van der Waals surface area (Å²) < 4.78 is 0.921. The average Bonchev–Trinajstić information content (AvgIpc) is 2.83. The van der Waals surface area contributed by atoms with Crippen LogP contribution < -0.4 is 10.6 Å². The van der Waals surface area contributed by atoms with Gasteiger partial charge >= 0.3 is 0 Å². The summed E-state index contributed by atoms with van der Waals surface area (Å²) >= 11 is 3.45. The lowest BCUT2D eigenvalue weighted by Gasteiger charge is -2.24. The summed E-state index contributed by atoms with van der Waals surface area (Å²) in [4.78, 5) is 14.4. The number of amides is 1. The summed E-state index contributed by atoms with van der Waals surface area (Å²) in [6, 6.07) is 8.29. The Hall–Kier alpha value is -0.910. The molecule has 0 unspecified atom stereocenters. The van der Waals surface area contributed by atoms with Gasteiger partial charge in [0.15, 0.2) is 0 Å². The third-order valence-corrected chi connectivity index (χ3v) is 4.88. The second-order valence-electron chi connectivity index (χ2n) is 5.69. The molecule has 20 heavy (non-hydrogen) atoms. The molecule has 0 aliphatic carbocycles. The van der Waals surface area contributed by atoms with E-state index in [0.29, 0.717) is 12.6 Å². The van der Waals surface area contributed by atoms with Gasteiger partial charge in [-0.1, -0.05) is 12.1 Å². The summed E-state index contributed by atoms with van der Waals surface area (Å²) in [6.07, 6.45) is 2.55. The Bertz CT molecular complexity index is 480. The van der Waals surface area contributed by atoms with Crippen molar-refractivity contribution in [2.45, 2.75) is 18.9 Å². The number of hydrogen-bond acceptors (Lipinski definition) is 3. The predicted octanol–water partition coefficient (Wildman–Crippen LogP) is 2.07. The molecule has 2 atom stereocenters. The van der Waals surface area contributed by atoms with Crippen molar-refractivity contribution in [2.24, 2.45) is 5.92 Å². The molecule has 2 saturated heterocycles.